The third kappa shape index (κ3) is 6.63. The molecule has 6 nitrogen and oxygen atoms in total. The Morgan fingerprint density at radius 2 is 1.74 bits per heavy atom. The molecular weight excluding hydrogens is 481 g/mol. The fourth-order valence-corrected chi connectivity index (χ4v) is 4.55. The van der Waals surface area contributed by atoms with Gasteiger partial charge in [-0.15, -0.1) is 0 Å². The number of carbonyl (C=O) groups excluding carboxylic acids is 1. The second kappa shape index (κ2) is 10.6. The number of carbonyl (C=O) groups is 1. The highest BCUT2D eigenvalue weighted by Crippen LogP contribution is 2.33. The Morgan fingerprint density at radius 3 is 2.40 bits per heavy atom. The quantitative estimate of drug-likeness (QED) is 0.395. The van der Waals surface area contributed by atoms with Crippen LogP contribution in [0.25, 0.3) is 0 Å². The number of sulfonamides is 1. The number of rotatable bonds is 9. The molecule has 0 radical (unpaired) electrons. The number of benzene rings is 3. The monoisotopic (exact) mass is 504 g/mol. The molecule has 3 aromatic rings. The molecule has 0 fully saturated rings. The molecule has 10 heteroatoms. The largest absolute Gasteiger partial charge is 0.489 e. The SMILES string of the molecule is C=CCOc1cccc(NC(=O)CN(c2cccc(C(F)(F)F)c2)S(=O)(=O)c2ccc(C)cc2)c1. The average molecular weight is 505 g/mol. The Labute approximate surface area is 201 Å². The zero-order chi connectivity index (χ0) is 25.6. The molecule has 1 amide bonds. The average Bonchev–Trinajstić information content (AvgIpc) is 2.81. The number of hydrogen-bond acceptors (Lipinski definition) is 4. The van der Waals surface area contributed by atoms with Gasteiger partial charge in [0.1, 0.15) is 18.9 Å². The highest BCUT2D eigenvalue weighted by atomic mass is 32.2. The molecule has 0 saturated heterocycles. The zero-order valence-corrected chi connectivity index (χ0v) is 19.6. The summed E-state index contributed by atoms with van der Waals surface area (Å²) in [6, 6.07) is 16.0. The number of halogens is 3. The summed E-state index contributed by atoms with van der Waals surface area (Å²) in [6.07, 6.45) is -3.14. The summed E-state index contributed by atoms with van der Waals surface area (Å²) in [5.74, 6) is -0.302. The maximum atomic E-state index is 13.4. The van der Waals surface area contributed by atoms with Crippen molar-refractivity contribution in [2.75, 3.05) is 22.8 Å². The van der Waals surface area contributed by atoms with Gasteiger partial charge >= 0.3 is 6.18 Å². The van der Waals surface area contributed by atoms with Crippen molar-refractivity contribution in [2.24, 2.45) is 0 Å². The molecule has 0 aliphatic carbocycles. The van der Waals surface area contributed by atoms with Gasteiger partial charge in [-0.25, -0.2) is 8.42 Å². The van der Waals surface area contributed by atoms with Crippen molar-refractivity contribution in [1.29, 1.82) is 0 Å². The van der Waals surface area contributed by atoms with Gasteiger partial charge in [-0.3, -0.25) is 9.10 Å². The van der Waals surface area contributed by atoms with Crippen LogP contribution in [0.1, 0.15) is 11.1 Å². The van der Waals surface area contributed by atoms with Gasteiger partial charge in [0.25, 0.3) is 10.0 Å². The minimum absolute atomic E-state index is 0.159. The molecule has 3 aromatic carbocycles. The minimum atomic E-state index is -4.69. The van der Waals surface area contributed by atoms with E-state index in [0.29, 0.717) is 21.8 Å². The minimum Gasteiger partial charge on any atom is -0.489 e. The molecular formula is C25H23F3N2O4S. The van der Waals surface area contributed by atoms with E-state index >= 15 is 0 Å². The van der Waals surface area contributed by atoms with Gasteiger partial charge in [0, 0.05) is 11.8 Å². The van der Waals surface area contributed by atoms with E-state index in [4.69, 9.17) is 4.74 Å². The maximum absolute atomic E-state index is 13.4. The predicted molar refractivity (Wildman–Crippen MR) is 128 cm³/mol. The third-order valence-electron chi connectivity index (χ3n) is 4.84. The topological polar surface area (TPSA) is 75.7 Å². The van der Waals surface area contributed by atoms with Gasteiger partial charge in [0.2, 0.25) is 5.91 Å². The van der Waals surface area contributed by atoms with Crippen LogP contribution in [0.3, 0.4) is 0 Å². The Hall–Kier alpha value is -3.79. The summed E-state index contributed by atoms with van der Waals surface area (Å²) < 4.78 is 72.8. The number of alkyl halides is 3. The van der Waals surface area contributed by atoms with E-state index in [1.54, 1.807) is 43.3 Å². The van der Waals surface area contributed by atoms with E-state index in [0.717, 1.165) is 17.7 Å². The molecule has 0 aliphatic rings. The lowest BCUT2D eigenvalue weighted by molar-refractivity contribution is -0.137. The number of hydrogen-bond donors (Lipinski definition) is 1. The first kappa shape index (κ1) is 25.8. The van der Waals surface area contributed by atoms with Crippen LogP contribution in [0.15, 0.2) is 90.3 Å². The number of anilines is 2. The normalized spacial score (nSPS) is 11.5. The Balaban J connectivity index is 1.95. The predicted octanol–water partition coefficient (Wildman–Crippen LogP) is 5.41. The molecule has 0 bridgehead atoms. The number of ether oxygens (including phenoxy) is 1. The van der Waals surface area contributed by atoms with Crippen molar-refractivity contribution in [2.45, 2.75) is 18.0 Å². The lowest BCUT2D eigenvalue weighted by Crippen LogP contribution is -2.38. The lowest BCUT2D eigenvalue weighted by atomic mass is 10.2. The summed E-state index contributed by atoms with van der Waals surface area (Å²) in [7, 11) is -4.37. The summed E-state index contributed by atoms with van der Waals surface area (Å²) in [4.78, 5) is 12.7. The number of aryl methyl sites for hydroxylation is 1. The second-order valence-electron chi connectivity index (χ2n) is 7.55. The van der Waals surface area contributed by atoms with E-state index in [-0.39, 0.29) is 17.2 Å². The first-order valence-electron chi connectivity index (χ1n) is 10.4. The van der Waals surface area contributed by atoms with Crippen LogP contribution < -0.4 is 14.4 Å². The fraction of sp³-hybridized carbons (Fsp3) is 0.160. The smallest absolute Gasteiger partial charge is 0.416 e. The van der Waals surface area contributed by atoms with Gasteiger partial charge in [0.15, 0.2) is 0 Å². The molecule has 0 aromatic heterocycles. The highest BCUT2D eigenvalue weighted by molar-refractivity contribution is 7.92. The van der Waals surface area contributed by atoms with Gasteiger partial charge in [-0.1, -0.05) is 42.5 Å². The third-order valence-corrected chi connectivity index (χ3v) is 6.63. The Bertz CT molecular complexity index is 1310. The van der Waals surface area contributed by atoms with Crippen LogP contribution in [0.2, 0.25) is 0 Å². The van der Waals surface area contributed by atoms with Crippen molar-refractivity contribution in [1.82, 2.24) is 0 Å². The summed E-state index contributed by atoms with van der Waals surface area (Å²) in [5, 5.41) is 2.56. The Kier molecular flexibility index (Phi) is 7.85. The van der Waals surface area contributed by atoms with Gasteiger partial charge < -0.3 is 10.1 Å². The second-order valence-corrected chi connectivity index (χ2v) is 9.41. The fourth-order valence-electron chi connectivity index (χ4n) is 3.14. The standard InChI is InChI=1S/C25H23F3N2O4S/c1-3-14-34-22-9-5-7-20(16-22)29-24(31)17-30(21-8-4-6-19(15-21)25(26,27)28)35(32,33)23-12-10-18(2)11-13-23/h3-13,15-16H,1,14,17H2,2H3,(H,29,31). The van der Waals surface area contributed by atoms with Crippen LogP contribution in [-0.4, -0.2) is 27.5 Å². The van der Waals surface area contributed by atoms with Crippen LogP contribution in [0.4, 0.5) is 24.5 Å². The molecule has 0 spiro atoms. The van der Waals surface area contributed by atoms with Crippen molar-refractivity contribution in [3.63, 3.8) is 0 Å². The Morgan fingerprint density at radius 1 is 1.06 bits per heavy atom. The van der Waals surface area contributed by atoms with Crippen LogP contribution in [-0.2, 0) is 21.0 Å². The summed E-state index contributed by atoms with van der Waals surface area (Å²) in [6.45, 7) is 4.81. The van der Waals surface area contributed by atoms with Crippen molar-refractivity contribution in [3.8, 4) is 5.75 Å². The van der Waals surface area contributed by atoms with Gasteiger partial charge in [0.05, 0.1) is 16.1 Å². The summed E-state index contributed by atoms with van der Waals surface area (Å²) >= 11 is 0. The molecule has 0 saturated carbocycles. The number of nitrogens with one attached hydrogen (secondary N) is 1. The summed E-state index contributed by atoms with van der Waals surface area (Å²) in [5.41, 5.74) is -0.204. The van der Waals surface area contributed by atoms with E-state index < -0.39 is 34.2 Å². The molecule has 1 N–H and O–H groups in total. The van der Waals surface area contributed by atoms with Crippen molar-refractivity contribution < 1.29 is 31.1 Å². The molecule has 0 heterocycles. The van der Waals surface area contributed by atoms with Gasteiger partial charge in [-0.2, -0.15) is 13.2 Å². The molecule has 3 rings (SSSR count). The van der Waals surface area contributed by atoms with Crippen LogP contribution in [0.5, 0.6) is 5.75 Å². The van der Waals surface area contributed by atoms with Gasteiger partial charge in [-0.05, 0) is 49.4 Å². The molecule has 0 aliphatic heterocycles. The highest BCUT2D eigenvalue weighted by Gasteiger charge is 2.33. The molecule has 0 atom stereocenters. The van der Waals surface area contributed by atoms with E-state index in [2.05, 4.69) is 11.9 Å². The molecule has 0 unspecified atom stereocenters. The maximum Gasteiger partial charge on any atom is 0.416 e. The zero-order valence-electron chi connectivity index (χ0n) is 18.7. The van der Waals surface area contributed by atoms with E-state index in [1.807, 2.05) is 0 Å². The first-order chi connectivity index (χ1) is 16.5. The van der Waals surface area contributed by atoms with Crippen molar-refractivity contribution in [3.05, 3.63) is 96.6 Å². The van der Waals surface area contributed by atoms with E-state index in [1.165, 1.54) is 24.3 Å². The van der Waals surface area contributed by atoms with Crippen LogP contribution >= 0.6 is 0 Å². The van der Waals surface area contributed by atoms with Crippen molar-refractivity contribution >= 4 is 27.3 Å². The number of amides is 1. The number of nitrogens with zero attached hydrogens (tertiary/aromatic N) is 1. The first-order valence-corrected chi connectivity index (χ1v) is 11.8. The van der Waals surface area contributed by atoms with Crippen LogP contribution in [0, 0.1) is 6.92 Å². The molecule has 184 valence electrons. The lowest BCUT2D eigenvalue weighted by Gasteiger charge is -2.25. The molecule has 35 heavy (non-hydrogen) atoms. The van der Waals surface area contributed by atoms with E-state index in [9.17, 15) is 26.4 Å².